The fourth-order valence-corrected chi connectivity index (χ4v) is 4.66. The number of hydrogen-bond donors (Lipinski definition) is 2. The Morgan fingerprint density at radius 1 is 1.23 bits per heavy atom. The molecular weight excluding hydrogens is 392 g/mol. The third-order valence-electron chi connectivity index (χ3n) is 3.94. The van der Waals surface area contributed by atoms with Crippen LogP contribution in [0, 0.1) is 0 Å². The summed E-state index contributed by atoms with van der Waals surface area (Å²) in [6.45, 7) is 6.30. The number of guanidine groups is 1. The van der Waals surface area contributed by atoms with Crippen molar-refractivity contribution in [3.63, 3.8) is 0 Å². The molecule has 26 heavy (non-hydrogen) atoms. The molecule has 0 aliphatic carbocycles. The Morgan fingerprint density at radius 3 is 2.58 bits per heavy atom. The zero-order chi connectivity index (χ0) is 18.8. The van der Waals surface area contributed by atoms with Crippen LogP contribution >= 0.6 is 23.4 Å². The van der Waals surface area contributed by atoms with Gasteiger partial charge in [0, 0.05) is 48.4 Å². The summed E-state index contributed by atoms with van der Waals surface area (Å²) in [4.78, 5) is 7.93. The molecule has 1 heterocycles. The summed E-state index contributed by atoms with van der Waals surface area (Å²) < 4.78 is 22.9. The molecule has 1 aliphatic heterocycles. The van der Waals surface area contributed by atoms with Gasteiger partial charge in [-0.2, -0.15) is 0 Å². The first-order valence-corrected chi connectivity index (χ1v) is 12.0. The highest BCUT2D eigenvalue weighted by Gasteiger charge is 2.20. The van der Waals surface area contributed by atoms with E-state index >= 15 is 0 Å². The van der Waals surface area contributed by atoms with Gasteiger partial charge < -0.3 is 10.6 Å². The summed E-state index contributed by atoms with van der Waals surface area (Å²) in [5.74, 6) is 2.25. The van der Waals surface area contributed by atoms with Gasteiger partial charge in [0.25, 0.3) is 0 Å². The number of rotatable bonds is 8. The molecule has 0 saturated carbocycles. The standard InChI is InChI=1S/C17H27ClN4O2S2/c1-2-19-17(20-7-9-22-10-13-26(23,24)14-11-22)21-8-12-25-16-5-3-15(18)4-6-16/h3-6H,2,7-14H2,1H3,(H2,19,20,21). The molecule has 0 amide bonds. The van der Waals surface area contributed by atoms with Crippen molar-refractivity contribution < 1.29 is 8.42 Å². The van der Waals surface area contributed by atoms with Gasteiger partial charge in [0.05, 0.1) is 18.1 Å². The average Bonchev–Trinajstić information content (AvgIpc) is 2.61. The van der Waals surface area contributed by atoms with Gasteiger partial charge in [-0.3, -0.25) is 9.89 Å². The topological polar surface area (TPSA) is 73.8 Å². The van der Waals surface area contributed by atoms with Crippen molar-refractivity contribution in [1.82, 2.24) is 15.5 Å². The lowest BCUT2D eigenvalue weighted by atomic mass is 10.4. The third-order valence-corrected chi connectivity index (χ3v) is 6.82. The van der Waals surface area contributed by atoms with Crippen LogP contribution in [0.25, 0.3) is 0 Å². The monoisotopic (exact) mass is 418 g/mol. The minimum Gasteiger partial charge on any atom is -0.357 e. The van der Waals surface area contributed by atoms with Crippen molar-refractivity contribution >= 4 is 39.2 Å². The fourth-order valence-electron chi connectivity index (χ4n) is 2.49. The highest BCUT2D eigenvalue weighted by molar-refractivity contribution is 7.99. The largest absolute Gasteiger partial charge is 0.357 e. The summed E-state index contributed by atoms with van der Waals surface area (Å²) in [5, 5.41) is 7.32. The Morgan fingerprint density at radius 2 is 1.92 bits per heavy atom. The Balaban J connectivity index is 1.68. The Labute approximate surface area is 165 Å². The smallest absolute Gasteiger partial charge is 0.191 e. The highest BCUT2D eigenvalue weighted by atomic mass is 35.5. The molecule has 146 valence electrons. The summed E-state index contributed by atoms with van der Waals surface area (Å²) in [5.41, 5.74) is 0. The number of hydrogen-bond acceptors (Lipinski definition) is 5. The molecule has 2 N–H and O–H groups in total. The zero-order valence-corrected chi connectivity index (χ0v) is 17.5. The minimum atomic E-state index is -2.82. The SMILES string of the molecule is CCNC(=NCCN1CCS(=O)(=O)CC1)NCCSc1ccc(Cl)cc1. The third kappa shape index (κ3) is 8.16. The summed E-state index contributed by atoms with van der Waals surface area (Å²) in [6.07, 6.45) is 0. The van der Waals surface area contributed by atoms with Crippen LogP contribution in [0.3, 0.4) is 0 Å². The van der Waals surface area contributed by atoms with Crippen LogP contribution < -0.4 is 10.6 Å². The number of nitrogens with zero attached hydrogens (tertiary/aromatic N) is 2. The van der Waals surface area contributed by atoms with E-state index in [-0.39, 0.29) is 11.5 Å². The highest BCUT2D eigenvalue weighted by Crippen LogP contribution is 2.19. The van der Waals surface area contributed by atoms with Gasteiger partial charge in [-0.25, -0.2) is 8.42 Å². The molecule has 0 unspecified atom stereocenters. The number of nitrogens with one attached hydrogen (secondary N) is 2. The maximum Gasteiger partial charge on any atom is 0.191 e. The molecule has 9 heteroatoms. The van der Waals surface area contributed by atoms with Crippen molar-refractivity contribution in [1.29, 1.82) is 0 Å². The summed E-state index contributed by atoms with van der Waals surface area (Å²) >= 11 is 7.66. The number of thioether (sulfide) groups is 1. The predicted octanol–water partition coefficient (Wildman–Crippen LogP) is 1.72. The van der Waals surface area contributed by atoms with Crippen LogP contribution in [0.5, 0.6) is 0 Å². The van der Waals surface area contributed by atoms with E-state index in [1.165, 1.54) is 4.90 Å². The van der Waals surface area contributed by atoms with Crippen LogP contribution in [0.4, 0.5) is 0 Å². The number of aliphatic imine (C=N–C) groups is 1. The van der Waals surface area contributed by atoms with Gasteiger partial charge in [0.15, 0.2) is 15.8 Å². The van der Waals surface area contributed by atoms with Crippen molar-refractivity contribution in [2.45, 2.75) is 11.8 Å². The molecule has 2 rings (SSSR count). The molecule has 1 aromatic rings. The van der Waals surface area contributed by atoms with E-state index in [9.17, 15) is 8.42 Å². The lowest BCUT2D eigenvalue weighted by Gasteiger charge is -2.25. The van der Waals surface area contributed by atoms with Crippen LogP contribution in [0.1, 0.15) is 6.92 Å². The van der Waals surface area contributed by atoms with Crippen molar-refractivity contribution in [3.8, 4) is 0 Å². The number of benzene rings is 1. The summed E-state index contributed by atoms with van der Waals surface area (Å²) in [6, 6.07) is 7.83. The van der Waals surface area contributed by atoms with E-state index in [0.717, 1.165) is 36.4 Å². The second-order valence-electron chi connectivity index (χ2n) is 5.98. The van der Waals surface area contributed by atoms with Gasteiger partial charge >= 0.3 is 0 Å². The van der Waals surface area contributed by atoms with Crippen LogP contribution in [-0.4, -0.2) is 75.8 Å². The van der Waals surface area contributed by atoms with Gasteiger partial charge in [-0.1, -0.05) is 11.6 Å². The van der Waals surface area contributed by atoms with Crippen molar-refractivity contribution in [2.75, 3.05) is 56.5 Å². The van der Waals surface area contributed by atoms with Crippen molar-refractivity contribution in [2.24, 2.45) is 4.99 Å². The molecule has 6 nitrogen and oxygen atoms in total. The second kappa shape index (κ2) is 11.0. The molecule has 1 aliphatic rings. The van der Waals surface area contributed by atoms with E-state index in [1.807, 2.05) is 31.2 Å². The van der Waals surface area contributed by atoms with Crippen LogP contribution in [0.2, 0.25) is 5.02 Å². The number of sulfone groups is 1. The Bertz CT molecular complexity index is 667. The van der Waals surface area contributed by atoms with Crippen LogP contribution in [-0.2, 0) is 9.84 Å². The van der Waals surface area contributed by atoms with E-state index in [2.05, 4.69) is 20.5 Å². The zero-order valence-electron chi connectivity index (χ0n) is 15.1. The summed E-state index contributed by atoms with van der Waals surface area (Å²) in [7, 11) is -2.82. The van der Waals surface area contributed by atoms with Crippen molar-refractivity contribution in [3.05, 3.63) is 29.3 Å². The normalized spacial score (nSPS) is 17.8. The van der Waals surface area contributed by atoms with Crippen LogP contribution in [0.15, 0.2) is 34.2 Å². The van der Waals surface area contributed by atoms with Gasteiger partial charge in [0.1, 0.15) is 0 Å². The van der Waals surface area contributed by atoms with Gasteiger partial charge in [-0.15, -0.1) is 11.8 Å². The molecule has 0 bridgehead atoms. The molecule has 0 aromatic heterocycles. The van der Waals surface area contributed by atoms with Gasteiger partial charge in [-0.05, 0) is 31.2 Å². The second-order valence-corrected chi connectivity index (χ2v) is 9.89. The quantitative estimate of drug-likeness (QED) is 0.290. The predicted molar refractivity (Wildman–Crippen MR) is 111 cm³/mol. The maximum atomic E-state index is 11.4. The van der Waals surface area contributed by atoms with Gasteiger partial charge in [0.2, 0.25) is 0 Å². The van der Waals surface area contributed by atoms with E-state index in [1.54, 1.807) is 11.8 Å². The first-order valence-electron chi connectivity index (χ1n) is 8.82. The molecule has 1 saturated heterocycles. The lowest BCUT2D eigenvalue weighted by Crippen LogP contribution is -2.42. The molecule has 0 radical (unpaired) electrons. The van der Waals surface area contributed by atoms with E-state index in [0.29, 0.717) is 19.6 Å². The lowest BCUT2D eigenvalue weighted by molar-refractivity contribution is 0.304. The molecule has 0 atom stereocenters. The molecule has 0 spiro atoms. The fraction of sp³-hybridized carbons (Fsp3) is 0.588. The first kappa shape index (κ1) is 21.3. The molecular formula is C17H27ClN4O2S2. The molecule has 1 fully saturated rings. The average molecular weight is 419 g/mol. The first-order chi connectivity index (χ1) is 12.5. The van der Waals surface area contributed by atoms with E-state index < -0.39 is 9.84 Å². The Kier molecular flexibility index (Phi) is 9.04. The number of halogens is 1. The molecule has 1 aromatic carbocycles. The minimum absolute atomic E-state index is 0.261. The maximum absolute atomic E-state index is 11.4. The van der Waals surface area contributed by atoms with E-state index in [4.69, 9.17) is 11.6 Å². The Hall–Kier alpha value is -0.960.